The van der Waals surface area contributed by atoms with Gasteiger partial charge in [-0.05, 0) is 29.8 Å². The zero-order valence-electron chi connectivity index (χ0n) is 28.2. The fourth-order valence-electron chi connectivity index (χ4n) is 4.69. The number of carbonyl (C=O) groups is 5. The number of esters is 5. The lowest BCUT2D eigenvalue weighted by Crippen LogP contribution is -2.53. The standard InChI is InChI=1S/C34H37ClN4O11/c1-19(40)46-18-31(48-21(3)42)33(50-23(5)44)32(49-22(4)43)30(47-20(2)41)17-36-38-34-26(15-25-9-7-8-10-29(25)45-6)16-28(37-39-34)24-11-13-27(35)14-12-24/h7-14,16-17,30-33H,15,18H2,1-6H3,(H,38,39)/b36-17+/t30-,31+,32+,33+/m0/s1. The van der Waals surface area contributed by atoms with Crippen LogP contribution in [0.5, 0.6) is 5.75 Å². The summed E-state index contributed by atoms with van der Waals surface area (Å²) in [6.07, 6.45) is -4.89. The zero-order valence-corrected chi connectivity index (χ0v) is 29.0. The Kier molecular flexibility index (Phi) is 14.6. The molecule has 1 heterocycles. The van der Waals surface area contributed by atoms with Crippen molar-refractivity contribution in [3.05, 3.63) is 70.7 Å². The summed E-state index contributed by atoms with van der Waals surface area (Å²) in [5.74, 6) is -3.29. The van der Waals surface area contributed by atoms with Gasteiger partial charge in [-0.2, -0.15) is 5.10 Å². The SMILES string of the molecule is COc1ccccc1Cc1cc(-c2ccc(Cl)cc2)nnc1N/N=C/[C@H](OC(C)=O)[C@@H](OC(C)=O)[C@H](OC(C)=O)[C@@H](COC(C)=O)OC(C)=O. The lowest BCUT2D eigenvalue weighted by molar-refractivity contribution is -0.197. The van der Waals surface area contributed by atoms with E-state index in [0.29, 0.717) is 28.5 Å². The van der Waals surface area contributed by atoms with Gasteiger partial charge in [0, 0.05) is 57.2 Å². The molecule has 15 nitrogen and oxygen atoms in total. The molecular weight excluding hydrogens is 676 g/mol. The molecule has 1 N–H and O–H groups in total. The molecule has 1 aromatic heterocycles. The first-order valence-corrected chi connectivity index (χ1v) is 15.5. The third kappa shape index (κ3) is 12.1. The van der Waals surface area contributed by atoms with Crippen molar-refractivity contribution < 1.29 is 52.4 Å². The smallest absolute Gasteiger partial charge is 0.303 e. The summed E-state index contributed by atoms with van der Waals surface area (Å²) in [7, 11) is 1.56. The molecule has 3 rings (SSSR count). The summed E-state index contributed by atoms with van der Waals surface area (Å²) in [5.41, 5.74) is 5.56. The van der Waals surface area contributed by atoms with Gasteiger partial charge in [0.25, 0.3) is 0 Å². The number of benzene rings is 2. The van der Waals surface area contributed by atoms with Crippen molar-refractivity contribution in [2.24, 2.45) is 5.10 Å². The number of para-hydroxylation sites is 1. The number of anilines is 1. The van der Waals surface area contributed by atoms with Gasteiger partial charge in [-0.15, -0.1) is 10.2 Å². The Hall–Kier alpha value is -5.57. The van der Waals surface area contributed by atoms with Crippen LogP contribution in [0, 0.1) is 0 Å². The van der Waals surface area contributed by atoms with E-state index in [-0.39, 0.29) is 5.82 Å². The highest BCUT2D eigenvalue weighted by Crippen LogP contribution is 2.28. The van der Waals surface area contributed by atoms with Crippen LogP contribution in [0.1, 0.15) is 45.7 Å². The van der Waals surface area contributed by atoms with Crippen molar-refractivity contribution in [3.8, 4) is 17.0 Å². The molecule has 0 aliphatic rings. The molecule has 0 bridgehead atoms. The first kappa shape index (κ1) is 38.9. The number of nitrogens with one attached hydrogen (secondary N) is 1. The van der Waals surface area contributed by atoms with E-state index >= 15 is 0 Å². The van der Waals surface area contributed by atoms with Crippen LogP contribution in [0.2, 0.25) is 5.02 Å². The Labute approximate surface area is 293 Å². The summed E-state index contributed by atoms with van der Waals surface area (Å²) >= 11 is 6.07. The minimum atomic E-state index is -1.64. The third-order valence-electron chi connectivity index (χ3n) is 6.67. The Balaban J connectivity index is 2.06. The average molecular weight is 713 g/mol. The largest absolute Gasteiger partial charge is 0.496 e. The van der Waals surface area contributed by atoms with Gasteiger partial charge in [0.05, 0.1) is 19.0 Å². The van der Waals surface area contributed by atoms with E-state index in [0.717, 1.165) is 52.0 Å². The van der Waals surface area contributed by atoms with Crippen LogP contribution in [0.3, 0.4) is 0 Å². The fraction of sp³-hybridized carbons (Fsp3) is 0.353. The number of hydrogen-bond acceptors (Lipinski definition) is 15. The number of halogens is 1. The molecule has 2 aromatic carbocycles. The van der Waals surface area contributed by atoms with Gasteiger partial charge in [0.1, 0.15) is 12.4 Å². The second kappa shape index (κ2) is 18.8. The van der Waals surface area contributed by atoms with Gasteiger partial charge in [-0.1, -0.05) is 41.9 Å². The number of rotatable bonds is 16. The van der Waals surface area contributed by atoms with Gasteiger partial charge in [0.15, 0.2) is 30.2 Å². The number of nitrogens with zero attached hydrogens (tertiary/aromatic N) is 3. The molecule has 0 spiro atoms. The molecule has 16 heteroatoms. The first-order chi connectivity index (χ1) is 23.8. The van der Waals surface area contributed by atoms with Crippen molar-refractivity contribution in [1.29, 1.82) is 0 Å². The summed E-state index contributed by atoms with van der Waals surface area (Å²) in [5, 5.41) is 13.4. The number of carbonyl (C=O) groups excluding carboxylic acids is 5. The van der Waals surface area contributed by atoms with Gasteiger partial charge in [0.2, 0.25) is 0 Å². The number of ether oxygens (including phenoxy) is 6. The molecule has 0 fully saturated rings. The van der Waals surface area contributed by atoms with Crippen molar-refractivity contribution in [2.75, 3.05) is 19.1 Å². The van der Waals surface area contributed by atoms with Crippen LogP contribution in [0.15, 0.2) is 59.7 Å². The highest BCUT2D eigenvalue weighted by atomic mass is 35.5. The van der Waals surface area contributed by atoms with E-state index in [2.05, 4.69) is 20.7 Å². The Morgan fingerprint density at radius 1 is 0.780 bits per heavy atom. The summed E-state index contributed by atoms with van der Waals surface area (Å²) < 4.78 is 32.1. The lowest BCUT2D eigenvalue weighted by atomic mass is 10.0. The highest BCUT2D eigenvalue weighted by Gasteiger charge is 2.43. The monoisotopic (exact) mass is 712 g/mol. The normalized spacial score (nSPS) is 13.3. The molecule has 3 aromatic rings. The van der Waals surface area contributed by atoms with Crippen LogP contribution in [0.4, 0.5) is 5.82 Å². The minimum absolute atomic E-state index is 0.208. The third-order valence-corrected chi connectivity index (χ3v) is 6.92. The van der Waals surface area contributed by atoms with E-state index in [9.17, 15) is 24.0 Å². The van der Waals surface area contributed by atoms with Crippen LogP contribution in [0.25, 0.3) is 11.3 Å². The van der Waals surface area contributed by atoms with Crippen LogP contribution < -0.4 is 10.2 Å². The highest BCUT2D eigenvalue weighted by molar-refractivity contribution is 6.30. The minimum Gasteiger partial charge on any atom is -0.496 e. The molecule has 50 heavy (non-hydrogen) atoms. The number of methoxy groups -OCH3 is 1. The Morgan fingerprint density at radius 3 is 2.00 bits per heavy atom. The zero-order chi connectivity index (χ0) is 36.8. The van der Waals surface area contributed by atoms with E-state index in [1.54, 1.807) is 37.4 Å². The summed E-state index contributed by atoms with van der Waals surface area (Å²) in [4.78, 5) is 60.3. The summed E-state index contributed by atoms with van der Waals surface area (Å²) in [6.45, 7) is 4.81. The van der Waals surface area contributed by atoms with Crippen LogP contribution >= 0.6 is 11.6 Å². The van der Waals surface area contributed by atoms with Gasteiger partial charge < -0.3 is 28.4 Å². The average Bonchev–Trinajstić information content (AvgIpc) is 3.05. The second-order valence-electron chi connectivity index (χ2n) is 10.7. The first-order valence-electron chi connectivity index (χ1n) is 15.1. The molecule has 0 unspecified atom stereocenters. The van der Waals surface area contributed by atoms with Gasteiger partial charge in [-0.25, -0.2) is 0 Å². The lowest BCUT2D eigenvalue weighted by Gasteiger charge is -2.34. The molecule has 4 atom stereocenters. The molecule has 0 saturated heterocycles. The number of hydrogen-bond donors (Lipinski definition) is 1. The number of aromatic nitrogens is 2. The quantitative estimate of drug-likeness (QED) is 0.0967. The van der Waals surface area contributed by atoms with Crippen molar-refractivity contribution in [1.82, 2.24) is 10.2 Å². The van der Waals surface area contributed by atoms with Crippen LogP contribution in [-0.4, -0.2) is 84.4 Å². The van der Waals surface area contributed by atoms with E-state index in [4.69, 9.17) is 40.0 Å². The molecule has 266 valence electrons. The second-order valence-corrected chi connectivity index (χ2v) is 11.1. The molecule has 0 amide bonds. The molecule has 0 aliphatic heterocycles. The maximum Gasteiger partial charge on any atom is 0.303 e. The molecule has 0 radical (unpaired) electrons. The van der Waals surface area contributed by atoms with E-state index < -0.39 is 60.9 Å². The molecule has 0 saturated carbocycles. The van der Waals surface area contributed by atoms with Crippen molar-refractivity contribution in [2.45, 2.75) is 65.5 Å². The predicted octanol–water partition coefficient (Wildman–Crippen LogP) is 4.08. The fourth-order valence-corrected chi connectivity index (χ4v) is 4.81. The van der Waals surface area contributed by atoms with Gasteiger partial charge >= 0.3 is 29.8 Å². The molecular formula is C34H37ClN4O11. The van der Waals surface area contributed by atoms with Crippen molar-refractivity contribution in [3.63, 3.8) is 0 Å². The number of hydrazone groups is 1. The Bertz CT molecular complexity index is 1700. The Morgan fingerprint density at radius 2 is 1.40 bits per heavy atom. The van der Waals surface area contributed by atoms with E-state index in [1.807, 2.05) is 24.3 Å². The molecule has 0 aliphatic carbocycles. The van der Waals surface area contributed by atoms with Crippen LogP contribution in [-0.2, 0) is 54.1 Å². The van der Waals surface area contributed by atoms with Crippen molar-refractivity contribution >= 4 is 53.5 Å². The van der Waals surface area contributed by atoms with E-state index in [1.165, 1.54) is 0 Å². The predicted molar refractivity (Wildman–Crippen MR) is 179 cm³/mol. The maximum atomic E-state index is 12.3. The van der Waals surface area contributed by atoms with Gasteiger partial charge in [-0.3, -0.25) is 29.4 Å². The maximum absolute atomic E-state index is 12.3. The topological polar surface area (TPSA) is 191 Å². The summed E-state index contributed by atoms with van der Waals surface area (Å²) in [6, 6.07) is 16.3.